The summed E-state index contributed by atoms with van der Waals surface area (Å²) < 4.78 is 28.5. The van der Waals surface area contributed by atoms with Crippen molar-refractivity contribution in [1.82, 2.24) is 24.9 Å². The second-order valence-corrected chi connectivity index (χ2v) is 7.46. The van der Waals surface area contributed by atoms with Crippen LogP contribution in [0, 0.1) is 11.6 Å². The van der Waals surface area contributed by atoms with E-state index in [1.165, 1.54) is 36.9 Å². The first-order valence-corrected chi connectivity index (χ1v) is 9.84. The summed E-state index contributed by atoms with van der Waals surface area (Å²) >= 11 is 6.37. The number of nitrogens with zero attached hydrogens (tertiary/aromatic N) is 4. The monoisotopic (exact) mass is 436 g/mol. The number of nitrogens with one attached hydrogen (secondary N) is 2. The fraction of sp³-hybridized carbons (Fsp3) is 0.0909. The van der Waals surface area contributed by atoms with Crippen molar-refractivity contribution < 1.29 is 8.78 Å². The van der Waals surface area contributed by atoms with Crippen LogP contribution in [0.25, 0.3) is 33.3 Å². The second-order valence-electron chi connectivity index (χ2n) is 7.05. The van der Waals surface area contributed by atoms with E-state index in [-0.39, 0.29) is 11.6 Å². The van der Waals surface area contributed by atoms with Gasteiger partial charge in [-0.3, -0.25) is 0 Å². The molecule has 0 aliphatic rings. The number of rotatable bonds is 4. The molecule has 5 aromatic rings. The Balaban J connectivity index is 1.69. The van der Waals surface area contributed by atoms with E-state index < -0.39 is 11.6 Å². The molecule has 3 aromatic heterocycles. The Hall–Kier alpha value is -3.65. The van der Waals surface area contributed by atoms with Gasteiger partial charge in [-0.1, -0.05) is 23.7 Å². The molecule has 0 spiro atoms. The van der Waals surface area contributed by atoms with Gasteiger partial charge in [0, 0.05) is 16.5 Å². The van der Waals surface area contributed by atoms with Gasteiger partial charge in [0.15, 0.2) is 11.5 Å². The first-order chi connectivity index (χ1) is 15.0. The lowest BCUT2D eigenvalue weighted by atomic mass is 9.98. The molecule has 0 saturated carbocycles. The molecule has 0 aliphatic carbocycles. The Morgan fingerprint density at radius 3 is 2.81 bits per heavy atom. The lowest BCUT2D eigenvalue weighted by Crippen LogP contribution is -2.11. The molecule has 3 heterocycles. The molecule has 0 radical (unpaired) electrons. The summed E-state index contributed by atoms with van der Waals surface area (Å²) in [5, 5.41) is 4.25. The minimum Gasteiger partial charge on any atom is -0.362 e. The van der Waals surface area contributed by atoms with Crippen molar-refractivity contribution in [2.75, 3.05) is 5.32 Å². The highest BCUT2D eigenvalue weighted by atomic mass is 35.5. The van der Waals surface area contributed by atoms with Crippen molar-refractivity contribution >= 4 is 39.5 Å². The number of aromatic amines is 1. The number of halogens is 3. The van der Waals surface area contributed by atoms with Crippen molar-refractivity contribution in [1.29, 1.82) is 0 Å². The molecule has 6 nitrogen and oxygen atoms in total. The van der Waals surface area contributed by atoms with Crippen LogP contribution < -0.4 is 5.32 Å². The van der Waals surface area contributed by atoms with Crippen LogP contribution in [0.5, 0.6) is 0 Å². The first-order valence-electron chi connectivity index (χ1n) is 9.46. The normalized spacial score (nSPS) is 12.4. The highest BCUT2D eigenvalue weighted by Crippen LogP contribution is 2.36. The van der Waals surface area contributed by atoms with Crippen LogP contribution in [0.1, 0.15) is 18.5 Å². The maximum Gasteiger partial charge on any atom is 0.182 e. The summed E-state index contributed by atoms with van der Waals surface area (Å²) in [5.74, 6) is -0.379. The number of pyridine rings is 1. The number of fused-ring (bicyclic) bond motifs is 2. The molecule has 0 fully saturated rings. The number of para-hydroxylation sites is 1. The van der Waals surface area contributed by atoms with Crippen LogP contribution in [-0.4, -0.2) is 24.9 Å². The van der Waals surface area contributed by atoms with Crippen LogP contribution in [-0.2, 0) is 0 Å². The van der Waals surface area contributed by atoms with Crippen molar-refractivity contribution in [3.8, 4) is 11.3 Å². The van der Waals surface area contributed by atoms with Crippen LogP contribution >= 0.6 is 11.6 Å². The maximum absolute atomic E-state index is 14.5. The molecule has 0 bridgehead atoms. The molecular formula is C22H15ClF2N6. The molecule has 2 aromatic carbocycles. The van der Waals surface area contributed by atoms with Crippen molar-refractivity contribution in [3.05, 3.63) is 77.3 Å². The second kappa shape index (κ2) is 7.55. The quantitative estimate of drug-likeness (QED) is 0.379. The van der Waals surface area contributed by atoms with Gasteiger partial charge >= 0.3 is 0 Å². The molecule has 0 amide bonds. The summed E-state index contributed by atoms with van der Waals surface area (Å²) in [4.78, 5) is 20.1. The Morgan fingerprint density at radius 1 is 1.06 bits per heavy atom. The largest absolute Gasteiger partial charge is 0.362 e. The van der Waals surface area contributed by atoms with E-state index in [2.05, 4.69) is 30.2 Å². The van der Waals surface area contributed by atoms with E-state index in [1.807, 2.05) is 13.0 Å². The standard InChI is InChI=1S/C22H15ClF2N6/c1-11(30-22-20-21(27-9-26-20)28-10-29-22)14-7-12-3-2-4-17(25)18(12)31-19(14)15-8-13(24)5-6-16(15)23/h2-11H,1H3,(H2,26,27,28,29,30). The van der Waals surface area contributed by atoms with Crippen molar-refractivity contribution in [2.24, 2.45) is 0 Å². The Labute approximate surface area is 180 Å². The maximum atomic E-state index is 14.5. The first kappa shape index (κ1) is 19.3. The molecule has 1 unspecified atom stereocenters. The van der Waals surface area contributed by atoms with Gasteiger partial charge in [-0.15, -0.1) is 0 Å². The third-order valence-electron chi connectivity index (χ3n) is 5.05. The van der Waals surface area contributed by atoms with Crippen molar-refractivity contribution in [3.63, 3.8) is 0 Å². The van der Waals surface area contributed by atoms with Crippen LogP contribution in [0.4, 0.5) is 14.6 Å². The van der Waals surface area contributed by atoms with E-state index >= 15 is 0 Å². The number of hydrogen-bond acceptors (Lipinski definition) is 5. The molecule has 154 valence electrons. The summed E-state index contributed by atoms with van der Waals surface area (Å²) in [6.45, 7) is 1.91. The highest BCUT2D eigenvalue weighted by molar-refractivity contribution is 6.33. The predicted molar refractivity (Wildman–Crippen MR) is 116 cm³/mol. The lowest BCUT2D eigenvalue weighted by molar-refractivity contribution is 0.628. The van der Waals surface area contributed by atoms with Crippen LogP contribution in [0.15, 0.2) is 55.1 Å². The summed E-state index contributed by atoms with van der Waals surface area (Å²) in [5.41, 5.74) is 2.83. The van der Waals surface area contributed by atoms with E-state index in [4.69, 9.17) is 11.6 Å². The molecule has 9 heteroatoms. The number of benzene rings is 2. The number of imidazole rings is 1. The zero-order chi connectivity index (χ0) is 21.5. The topological polar surface area (TPSA) is 79.4 Å². The molecule has 0 aliphatic heterocycles. The number of aromatic nitrogens is 5. The summed E-state index contributed by atoms with van der Waals surface area (Å²) in [6, 6.07) is 10.2. The fourth-order valence-electron chi connectivity index (χ4n) is 3.56. The van der Waals surface area contributed by atoms with Gasteiger partial charge in [0.25, 0.3) is 0 Å². The van der Waals surface area contributed by atoms with E-state index in [0.29, 0.717) is 44.2 Å². The number of H-pyrrole nitrogens is 1. The fourth-order valence-corrected chi connectivity index (χ4v) is 3.77. The molecular weight excluding hydrogens is 422 g/mol. The number of anilines is 1. The molecule has 1 atom stereocenters. The van der Waals surface area contributed by atoms with Crippen LogP contribution in [0.3, 0.4) is 0 Å². The SMILES string of the molecule is CC(Nc1ncnc2nc[nH]c12)c1cc2cccc(F)c2nc1-c1cc(F)ccc1Cl. The molecule has 0 saturated heterocycles. The van der Waals surface area contributed by atoms with E-state index in [1.54, 1.807) is 12.1 Å². The van der Waals surface area contributed by atoms with Gasteiger partial charge in [-0.2, -0.15) is 0 Å². The Kier molecular flexibility index (Phi) is 4.71. The van der Waals surface area contributed by atoms with Gasteiger partial charge in [-0.25, -0.2) is 28.7 Å². The van der Waals surface area contributed by atoms with Gasteiger partial charge in [0.2, 0.25) is 0 Å². The third-order valence-corrected chi connectivity index (χ3v) is 5.38. The van der Waals surface area contributed by atoms with E-state index in [0.717, 1.165) is 0 Å². The minimum absolute atomic E-state index is 0.187. The van der Waals surface area contributed by atoms with Gasteiger partial charge in [0.1, 0.15) is 29.0 Å². The Morgan fingerprint density at radius 2 is 1.94 bits per heavy atom. The Bertz CT molecular complexity index is 1430. The van der Waals surface area contributed by atoms with Crippen LogP contribution in [0.2, 0.25) is 5.02 Å². The lowest BCUT2D eigenvalue weighted by Gasteiger charge is -2.20. The molecule has 31 heavy (non-hydrogen) atoms. The molecule has 2 N–H and O–H groups in total. The number of hydrogen-bond donors (Lipinski definition) is 2. The van der Waals surface area contributed by atoms with Crippen molar-refractivity contribution in [2.45, 2.75) is 13.0 Å². The highest BCUT2D eigenvalue weighted by Gasteiger charge is 2.20. The van der Waals surface area contributed by atoms with E-state index in [9.17, 15) is 8.78 Å². The summed E-state index contributed by atoms with van der Waals surface area (Å²) in [7, 11) is 0. The zero-order valence-corrected chi connectivity index (χ0v) is 17.0. The average molecular weight is 437 g/mol. The van der Waals surface area contributed by atoms with Gasteiger partial charge in [0.05, 0.1) is 23.1 Å². The summed E-state index contributed by atoms with van der Waals surface area (Å²) in [6.07, 6.45) is 2.95. The van der Waals surface area contributed by atoms with Gasteiger partial charge < -0.3 is 10.3 Å². The third kappa shape index (κ3) is 3.44. The molecule has 5 rings (SSSR count). The minimum atomic E-state index is -0.464. The zero-order valence-electron chi connectivity index (χ0n) is 16.2. The van der Waals surface area contributed by atoms with Gasteiger partial charge in [-0.05, 0) is 37.3 Å². The smallest absolute Gasteiger partial charge is 0.182 e. The predicted octanol–water partition coefficient (Wildman–Crippen LogP) is 5.67. The average Bonchev–Trinajstić information content (AvgIpc) is 3.25.